The van der Waals surface area contributed by atoms with Gasteiger partial charge in [0.1, 0.15) is 0 Å². The van der Waals surface area contributed by atoms with Crippen LogP contribution in [0.3, 0.4) is 0 Å². The molecule has 0 aromatic carbocycles. The van der Waals surface area contributed by atoms with Crippen molar-refractivity contribution in [3.05, 3.63) is 12.2 Å². The van der Waals surface area contributed by atoms with E-state index in [0.29, 0.717) is 12.5 Å². The average Bonchev–Trinajstić information content (AvgIpc) is 3.01. The summed E-state index contributed by atoms with van der Waals surface area (Å²) in [6.07, 6.45) is 24.3. The van der Waals surface area contributed by atoms with Gasteiger partial charge in [-0.25, -0.2) is 0 Å². The maximum Gasteiger partial charge on any atom is 0.0456 e. The van der Waals surface area contributed by atoms with Crippen molar-refractivity contribution < 1.29 is 5.11 Å². The van der Waals surface area contributed by atoms with Crippen molar-refractivity contribution in [1.82, 2.24) is 0 Å². The molecule has 1 unspecified atom stereocenters. The van der Waals surface area contributed by atoms with Crippen LogP contribution in [0.15, 0.2) is 12.2 Å². The van der Waals surface area contributed by atoms with Crippen molar-refractivity contribution in [3.8, 4) is 0 Å². The summed E-state index contributed by atoms with van der Waals surface area (Å²) in [6.45, 7) is 4.79. The summed E-state index contributed by atoms with van der Waals surface area (Å²) in [5.74, 6) is 2.35. The highest BCUT2D eigenvalue weighted by Gasteiger charge is 2.24. The van der Waals surface area contributed by atoms with Gasteiger partial charge in [-0.1, -0.05) is 77.4 Å². The molecule has 0 bridgehead atoms. The largest absolute Gasteiger partial charge is 0.396 e. The molecule has 0 aromatic heterocycles. The highest BCUT2D eigenvalue weighted by molar-refractivity contribution is 4.94. The predicted molar refractivity (Wildman–Crippen MR) is 103 cm³/mol. The summed E-state index contributed by atoms with van der Waals surface area (Å²) >= 11 is 0. The molecular formula is C22H42O. The third-order valence-corrected chi connectivity index (χ3v) is 5.66. The standard InChI is InChI=1S/C22H42O/c1-3-4-5-6-7-11-15-21-17-13-18-22(21)16-12-9-8-10-14-20(2)19-23/h11,15,20-23H,3-10,12-14,16-19H2,1-2H3/b15-11+/t20?,21-,22-/m0/s1. The van der Waals surface area contributed by atoms with Gasteiger partial charge in [-0.05, 0) is 56.3 Å². The SMILES string of the molecule is CCCCCC/C=C/[C@H]1CCC[C@@H]1CCCCCCC(C)CO. The molecule has 1 heteroatoms. The van der Waals surface area contributed by atoms with Crippen LogP contribution in [0.2, 0.25) is 0 Å². The molecule has 0 saturated heterocycles. The summed E-state index contributed by atoms with van der Waals surface area (Å²) in [5.41, 5.74) is 0. The fraction of sp³-hybridized carbons (Fsp3) is 0.909. The molecule has 1 nitrogen and oxygen atoms in total. The van der Waals surface area contributed by atoms with Gasteiger partial charge in [-0.15, -0.1) is 0 Å². The lowest BCUT2D eigenvalue weighted by Crippen LogP contribution is -2.05. The summed E-state index contributed by atoms with van der Waals surface area (Å²) in [5, 5.41) is 9.03. The zero-order valence-electron chi connectivity index (χ0n) is 15.9. The third kappa shape index (κ3) is 10.2. The van der Waals surface area contributed by atoms with E-state index in [9.17, 15) is 0 Å². The van der Waals surface area contributed by atoms with Crippen LogP contribution >= 0.6 is 0 Å². The Morgan fingerprint density at radius 3 is 2.57 bits per heavy atom. The lowest BCUT2D eigenvalue weighted by atomic mass is 9.90. The van der Waals surface area contributed by atoms with Gasteiger partial charge in [0.15, 0.2) is 0 Å². The Hall–Kier alpha value is -0.300. The average molecular weight is 323 g/mol. The highest BCUT2D eigenvalue weighted by Crippen LogP contribution is 2.36. The number of rotatable bonds is 14. The highest BCUT2D eigenvalue weighted by atomic mass is 16.3. The Morgan fingerprint density at radius 2 is 1.78 bits per heavy atom. The topological polar surface area (TPSA) is 20.2 Å². The van der Waals surface area contributed by atoms with Crippen LogP contribution in [0.1, 0.15) is 104 Å². The summed E-state index contributed by atoms with van der Waals surface area (Å²) in [6, 6.07) is 0. The van der Waals surface area contributed by atoms with Gasteiger partial charge in [0.25, 0.3) is 0 Å². The van der Waals surface area contributed by atoms with E-state index in [4.69, 9.17) is 5.11 Å². The van der Waals surface area contributed by atoms with E-state index in [2.05, 4.69) is 26.0 Å². The van der Waals surface area contributed by atoms with Crippen LogP contribution < -0.4 is 0 Å². The quantitative estimate of drug-likeness (QED) is 0.272. The zero-order valence-corrected chi connectivity index (χ0v) is 15.9. The molecule has 0 heterocycles. The number of aliphatic hydroxyl groups is 1. The van der Waals surface area contributed by atoms with Gasteiger partial charge < -0.3 is 5.11 Å². The van der Waals surface area contributed by atoms with E-state index < -0.39 is 0 Å². The second-order valence-electron chi connectivity index (χ2n) is 7.91. The molecule has 0 radical (unpaired) electrons. The van der Waals surface area contributed by atoms with Gasteiger partial charge in [-0.2, -0.15) is 0 Å². The summed E-state index contributed by atoms with van der Waals surface area (Å²) in [4.78, 5) is 0. The minimum Gasteiger partial charge on any atom is -0.396 e. The van der Waals surface area contributed by atoms with E-state index in [1.165, 1.54) is 89.9 Å². The van der Waals surface area contributed by atoms with Gasteiger partial charge in [-0.3, -0.25) is 0 Å². The molecule has 1 aliphatic carbocycles. The first-order valence-electron chi connectivity index (χ1n) is 10.6. The molecule has 1 rings (SSSR count). The zero-order chi connectivity index (χ0) is 16.8. The minimum atomic E-state index is 0.356. The smallest absolute Gasteiger partial charge is 0.0456 e. The molecular weight excluding hydrogens is 280 g/mol. The van der Waals surface area contributed by atoms with Crippen molar-refractivity contribution in [3.63, 3.8) is 0 Å². The van der Waals surface area contributed by atoms with Crippen molar-refractivity contribution >= 4 is 0 Å². The first-order chi connectivity index (χ1) is 11.3. The maximum atomic E-state index is 9.03. The fourth-order valence-corrected chi connectivity index (χ4v) is 3.98. The van der Waals surface area contributed by atoms with Crippen molar-refractivity contribution in [2.75, 3.05) is 6.61 Å². The molecule has 1 saturated carbocycles. The lowest BCUT2D eigenvalue weighted by Gasteiger charge is -2.16. The van der Waals surface area contributed by atoms with E-state index in [0.717, 1.165) is 11.8 Å². The summed E-state index contributed by atoms with van der Waals surface area (Å²) < 4.78 is 0. The second-order valence-corrected chi connectivity index (χ2v) is 7.91. The van der Waals surface area contributed by atoms with Crippen LogP contribution in [0.4, 0.5) is 0 Å². The van der Waals surface area contributed by atoms with Crippen LogP contribution in [0, 0.1) is 17.8 Å². The Balaban J connectivity index is 2.05. The molecule has 1 N–H and O–H groups in total. The molecule has 0 aromatic rings. The van der Waals surface area contributed by atoms with Gasteiger partial charge in [0.05, 0.1) is 0 Å². The molecule has 23 heavy (non-hydrogen) atoms. The van der Waals surface area contributed by atoms with E-state index in [-0.39, 0.29) is 0 Å². The first kappa shape index (κ1) is 20.7. The first-order valence-corrected chi connectivity index (χ1v) is 10.6. The number of hydrogen-bond donors (Lipinski definition) is 1. The Kier molecular flexibility index (Phi) is 12.7. The third-order valence-electron chi connectivity index (χ3n) is 5.66. The molecule has 0 spiro atoms. The minimum absolute atomic E-state index is 0.356. The number of hydrogen-bond acceptors (Lipinski definition) is 1. The normalized spacial score (nSPS) is 22.9. The van der Waals surface area contributed by atoms with Crippen molar-refractivity contribution in [2.45, 2.75) is 104 Å². The van der Waals surface area contributed by atoms with E-state index >= 15 is 0 Å². The Labute approximate surface area is 146 Å². The van der Waals surface area contributed by atoms with Crippen LogP contribution in [-0.2, 0) is 0 Å². The molecule has 0 amide bonds. The second kappa shape index (κ2) is 14.1. The van der Waals surface area contributed by atoms with Crippen LogP contribution in [-0.4, -0.2) is 11.7 Å². The molecule has 1 fully saturated rings. The van der Waals surface area contributed by atoms with Crippen molar-refractivity contribution in [1.29, 1.82) is 0 Å². The maximum absolute atomic E-state index is 9.03. The lowest BCUT2D eigenvalue weighted by molar-refractivity contribution is 0.227. The predicted octanol–water partition coefficient (Wildman–Crippen LogP) is 6.90. The fourth-order valence-electron chi connectivity index (χ4n) is 3.98. The monoisotopic (exact) mass is 322 g/mol. The van der Waals surface area contributed by atoms with E-state index in [1.54, 1.807) is 0 Å². The number of allylic oxidation sites excluding steroid dienone is 2. The molecule has 3 atom stereocenters. The number of aliphatic hydroxyl groups excluding tert-OH is 1. The molecule has 1 aliphatic rings. The number of unbranched alkanes of at least 4 members (excludes halogenated alkanes) is 7. The Morgan fingerprint density at radius 1 is 1.00 bits per heavy atom. The Bertz CT molecular complexity index is 284. The molecule has 0 aliphatic heterocycles. The van der Waals surface area contributed by atoms with Crippen LogP contribution in [0.5, 0.6) is 0 Å². The van der Waals surface area contributed by atoms with Crippen LogP contribution in [0.25, 0.3) is 0 Å². The van der Waals surface area contributed by atoms with E-state index in [1.807, 2.05) is 0 Å². The van der Waals surface area contributed by atoms with Gasteiger partial charge in [0, 0.05) is 6.61 Å². The summed E-state index contributed by atoms with van der Waals surface area (Å²) in [7, 11) is 0. The molecule has 136 valence electrons. The van der Waals surface area contributed by atoms with Gasteiger partial charge in [0.2, 0.25) is 0 Å². The van der Waals surface area contributed by atoms with Crippen molar-refractivity contribution in [2.24, 2.45) is 17.8 Å². The van der Waals surface area contributed by atoms with Gasteiger partial charge >= 0.3 is 0 Å².